The van der Waals surface area contributed by atoms with Gasteiger partial charge in [-0.25, -0.2) is 4.79 Å². The van der Waals surface area contributed by atoms with Crippen LogP contribution in [0.1, 0.15) is 25.7 Å². The molecule has 0 saturated carbocycles. The fourth-order valence-corrected chi connectivity index (χ4v) is 1.42. The second-order valence-electron chi connectivity index (χ2n) is 3.32. The molecule has 0 bridgehead atoms. The van der Waals surface area contributed by atoms with Crippen molar-refractivity contribution in [3.63, 3.8) is 0 Å². The van der Waals surface area contributed by atoms with Gasteiger partial charge in [0.2, 0.25) is 0 Å². The predicted octanol–water partition coefficient (Wildman–Crippen LogP) is 0.908. The molecule has 0 radical (unpaired) electrons. The lowest BCUT2D eigenvalue weighted by Crippen LogP contribution is -2.26. The van der Waals surface area contributed by atoms with Crippen molar-refractivity contribution in [3.05, 3.63) is 12.2 Å². The van der Waals surface area contributed by atoms with Crippen LogP contribution in [0.25, 0.3) is 0 Å². The molecule has 0 heterocycles. The van der Waals surface area contributed by atoms with Crippen LogP contribution in [0.15, 0.2) is 12.2 Å². The van der Waals surface area contributed by atoms with Crippen molar-refractivity contribution in [3.8, 4) is 0 Å². The number of rotatable bonds is 1. The lowest BCUT2D eigenvalue weighted by molar-refractivity contribution is 0.122. The van der Waals surface area contributed by atoms with Crippen molar-refractivity contribution in [1.29, 1.82) is 0 Å². The smallest absolute Gasteiger partial charge is 0.405 e. The van der Waals surface area contributed by atoms with E-state index in [0.717, 1.165) is 25.7 Å². The zero-order chi connectivity index (χ0) is 9.68. The minimum Gasteiger partial charge on any atom is -0.442 e. The molecular weight excluding hydrogens is 168 g/mol. The molecule has 2 unspecified atom stereocenters. The Morgan fingerprint density at radius 2 is 2.15 bits per heavy atom. The zero-order valence-electron chi connectivity index (χ0n) is 7.61. The summed E-state index contributed by atoms with van der Waals surface area (Å²) in [5, 5.41) is 0. The third kappa shape index (κ3) is 3.94. The highest BCUT2D eigenvalue weighted by molar-refractivity contribution is 5.65. The summed E-state index contributed by atoms with van der Waals surface area (Å²) in [5.74, 6) is 0. The highest BCUT2D eigenvalue weighted by atomic mass is 16.6. The summed E-state index contributed by atoms with van der Waals surface area (Å²) in [7, 11) is 0. The molecule has 0 spiro atoms. The minimum absolute atomic E-state index is 0.191. The van der Waals surface area contributed by atoms with E-state index in [1.807, 2.05) is 12.2 Å². The molecule has 4 heteroatoms. The Balaban J connectivity index is 2.44. The Hall–Kier alpha value is -1.03. The first kappa shape index (κ1) is 10.1. The van der Waals surface area contributed by atoms with E-state index in [9.17, 15) is 4.79 Å². The van der Waals surface area contributed by atoms with Crippen LogP contribution in [0, 0.1) is 0 Å². The summed E-state index contributed by atoms with van der Waals surface area (Å²) in [6, 6.07) is 0.212. The standard InChI is InChI=1S/C9H16N2O2/c10-7-3-1-2-4-8(6-5-7)13-9(11)12/h2,4,7-8H,1,3,5-6,10H2,(H2,11,12). The van der Waals surface area contributed by atoms with Crippen LogP contribution < -0.4 is 11.5 Å². The van der Waals surface area contributed by atoms with E-state index in [0.29, 0.717) is 0 Å². The van der Waals surface area contributed by atoms with Gasteiger partial charge in [-0.1, -0.05) is 6.08 Å². The van der Waals surface area contributed by atoms with Crippen LogP contribution in [-0.4, -0.2) is 18.2 Å². The molecule has 1 amide bonds. The molecule has 1 aliphatic rings. The number of carbonyl (C=O) groups excluding carboxylic acids is 1. The van der Waals surface area contributed by atoms with Crippen molar-refractivity contribution in [1.82, 2.24) is 0 Å². The normalized spacial score (nSPS) is 29.0. The number of allylic oxidation sites excluding steroid dienone is 1. The molecular formula is C9H16N2O2. The van der Waals surface area contributed by atoms with E-state index in [1.54, 1.807) is 0 Å². The molecule has 4 N–H and O–H groups in total. The average Bonchev–Trinajstić information content (AvgIpc) is 2.03. The first-order chi connectivity index (χ1) is 6.18. The molecule has 2 atom stereocenters. The Morgan fingerprint density at radius 3 is 2.85 bits per heavy atom. The molecule has 1 rings (SSSR count). The van der Waals surface area contributed by atoms with Crippen LogP contribution in [0.5, 0.6) is 0 Å². The van der Waals surface area contributed by atoms with Gasteiger partial charge in [0, 0.05) is 6.04 Å². The van der Waals surface area contributed by atoms with E-state index in [-0.39, 0.29) is 12.1 Å². The van der Waals surface area contributed by atoms with Crippen molar-refractivity contribution >= 4 is 6.09 Å². The number of primary amides is 1. The maximum Gasteiger partial charge on any atom is 0.405 e. The second-order valence-corrected chi connectivity index (χ2v) is 3.32. The topological polar surface area (TPSA) is 78.3 Å². The van der Waals surface area contributed by atoms with Gasteiger partial charge >= 0.3 is 6.09 Å². The Labute approximate surface area is 77.9 Å². The SMILES string of the molecule is NC(=O)OC1C=CCCC(N)CC1. The van der Waals surface area contributed by atoms with Crippen molar-refractivity contribution in [2.45, 2.75) is 37.8 Å². The average molecular weight is 184 g/mol. The Kier molecular flexibility index (Phi) is 3.76. The van der Waals surface area contributed by atoms with Crippen LogP contribution in [-0.2, 0) is 4.74 Å². The van der Waals surface area contributed by atoms with Gasteiger partial charge < -0.3 is 16.2 Å². The van der Waals surface area contributed by atoms with E-state index >= 15 is 0 Å². The summed E-state index contributed by atoms with van der Waals surface area (Å²) in [6.07, 6.45) is 6.55. The molecule has 0 aromatic rings. The van der Waals surface area contributed by atoms with Crippen LogP contribution >= 0.6 is 0 Å². The number of hydrogen-bond acceptors (Lipinski definition) is 3. The summed E-state index contributed by atoms with van der Waals surface area (Å²) in [5.41, 5.74) is 10.7. The molecule has 0 aliphatic heterocycles. The number of carbonyl (C=O) groups is 1. The third-order valence-corrected chi connectivity index (χ3v) is 2.14. The van der Waals surface area contributed by atoms with Gasteiger partial charge in [-0.05, 0) is 31.8 Å². The van der Waals surface area contributed by atoms with E-state index < -0.39 is 6.09 Å². The second kappa shape index (κ2) is 4.87. The summed E-state index contributed by atoms with van der Waals surface area (Å²) in [4.78, 5) is 10.5. The maximum absolute atomic E-state index is 10.5. The first-order valence-corrected chi connectivity index (χ1v) is 4.57. The quantitative estimate of drug-likeness (QED) is 0.594. The zero-order valence-corrected chi connectivity index (χ0v) is 7.61. The van der Waals surface area contributed by atoms with Crippen LogP contribution in [0.2, 0.25) is 0 Å². The van der Waals surface area contributed by atoms with Crippen molar-refractivity contribution in [2.75, 3.05) is 0 Å². The summed E-state index contributed by atoms with van der Waals surface area (Å²) < 4.78 is 4.87. The highest BCUT2D eigenvalue weighted by Gasteiger charge is 2.13. The largest absolute Gasteiger partial charge is 0.442 e. The predicted molar refractivity (Wildman–Crippen MR) is 50.0 cm³/mol. The lowest BCUT2D eigenvalue weighted by atomic mass is 10.0. The van der Waals surface area contributed by atoms with Crippen molar-refractivity contribution in [2.24, 2.45) is 11.5 Å². The van der Waals surface area contributed by atoms with Gasteiger partial charge in [-0.3, -0.25) is 0 Å². The Bertz CT molecular complexity index is 204. The fraction of sp³-hybridized carbons (Fsp3) is 0.667. The summed E-state index contributed by atoms with van der Waals surface area (Å²) >= 11 is 0. The molecule has 13 heavy (non-hydrogen) atoms. The van der Waals surface area contributed by atoms with Gasteiger partial charge in [-0.15, -0.1) is 0 Å². The van der Waals surface area contributed by atoms with Gasteiger partial charge in [-0.2, -0.15) is 0 Å². The molecule has 0 aromatic carbocycles. The third-order valence-electron chi connectivity index (χ3n) is 2.14. The Morgan fingerprint density at radius 1 is 1.38 bits per heavy atom. The van der Waals surface area contributed by atoms with E-state index in [1.165, 1.54) is 0 Å². The fourth-order valence-electron chi connectivity index (χ4n) is 1.42. The monoisotopic (exact) mass is 184 g/mol. The maximum atomic E-state index is 10.5. The highest BCUT2D eigenvalue weighted by Crippen LogP contribution is 2.13. The molecule has 0 saturated heterocycles. The number of hydrogen-bond donors (Lipinski definition) is 2. The van der Waals surface area contributed by atoms with Crippen molar-refractivity contribution < 1.29 is 9.53 Å². The van der Waals surface area contributed by atoms with Gasteiger partial charge in [0.1, 0.15) is 6.10 Å². The molecule has 0 aromatic heterocycles. The molecule has 74 valence electrons. The first-order valence-electron chi connectivity index (χ1n) is 4.57. The van der Waals surface area contributed by atoms with Gasteiger partial charge in [0.05, 0.1) is 0 Å². The number of amides is 1. The molecule has 1 aliphatic carbocycles. The minimum atomic E-state index is -0.719. The molecule has 0 fully saturated rings. The van der Waals surface area contributed by atoms with E-state index in [2.05, 4.69) is 0 Å². The number of nitrogens with two attached hydrogens (primary N) is 2. The van der Waals surface area contributed by atoms with Crippen LogP contribution in [0.4, 0.5) is 4.79 Å². The molecule has 4 nitrogen and oxygen atoms in total. The lowest BCUT2D eigenvalue weighted by Gasteiger charge is -2.18. The number of ether oxygens (including phenoxy) is 1. The van der Waals surface area contributed by atoms with Gasteiger partial charge in [0.25, 0.3) is 0 Å². The van der Waals surface area contributed by atoms with Crippen LogP contribution in [0.3, 0.4) is 0 Å². The summed E-state index contributed by atoms with van der Waals surface area (Å²) in [6.45, 7) is 0. The van der Waals surface area contributed by atoms with E-state index in [4.69, 9.17) is 16.2 Å². The van der Waals surface area contributed by atoms with Gasteiger partial charge in [0.15, 0.2) is 0 Å².